The first-order valence-corrected chi connectivity index (χ1v) is 11.4. The number of hydrogen-bond acceptors (Lipinski definition) is 6. The van der Waals surface area contributed by atoms with Crippen LogP contribution in [-0.4, -0.2) is 51.4 Å². The van der Waals surface area contributed by atoms with E-state index < -0.39 is 17.3 Å². The topological polar surface area (TPSA) is 108 Å². The van der Waals surface area contributed by atoms with Crippen molar-refractivity contribution in [1.29, 1.82) is 0 Å². The van der Waals surface area contributed by atoms with Gasteiger partial charge in [0.25, 0.3) is 0 Å². The van der Waals surface area contributed by atoms with Crippen LogP contribution >= 0.6 is 0 Å². The number of nitrogens with one attached hydrogen (secondary N) is 2. The van der Waals surface area contributed by atoms with E-state index in [0.29, 0.717) is 16.9 Å². The highest BCUT2D eigenvalue weighted by Gasteiger charge is 2.36. The Balaban J connectivity index is 1.36. The van der Waals surface area contributed by atoms with Crippen LogP contribution in [0.5, 0.6) is 0 Å². The van der Waals surface area contributed by atoms with Gasteiger partial charge in [-0.2, -0.15) is 0 Å². The van der Waals surface area contributed by atoms with Gasteiger partial charge in [-0.15, -0.1) is 0 Å². The van der Waals surface area contributed by atoms with E-state index in [-0.39, 0.29) is 11.6 Å². The molecule has 0 atom stereocenters. The second-order valence-corrected chi connectivity index (χ2v) is 8.53. The normalized spacial score (nSPS) is 17.1. The molecule has 8 heteroatoms. The van der Waals surface area contributed by atoms with Gasteiger partial charge in [-0.1, -0.05) is 11.8 Å². The molecule has 0 saturated carbocycles. The van der Waals surface area contributed by atoms with Crippen molar-refractivity contribution < 1.29 is 19.4 Å². The zero-order valence-corrected chi connectivity index (χ0v) is 19.2. The lowest BCUT2D eigenvalue weighted by Crippen LogP contribution is -2.18. The van der Waals surface area contributed by atoms with E-state index in [2.05, 4.69) is 32.0 Å². The molecule has 176 valence electrons. The number of carbonyl (C=O) groups is 2. The molecule has 35 heavy (non-hydrogen) atoms. The second kappa shape index (κ2) is 9.49. The number of aromatic amines is 1. The molecular formula is C27H24N4O4. The first-order valence-electron chi connectivity index (χ1n) is 11.4. The number of ether oxygens (including phenoxy) is 1. The number of carboxylic acid groups (broad SMARTS) is 1. The van der Waals surface area contributed by atoms with E-state index >= 15 is 0 Å². The monoisotopic (exact) mass is 468 g/mol. The molecule has 1 saturated heterocycles. The van der Waals surface area contributed by atoms with Gasteiger partial charge in [-0.05, 0) is 74.8 Å². The van der Waals surface area contributed by atoms with Crippen LogP contribution in [0.1, 0.15) is 29.5 Å². The highest BCUT2D eigenvalue weighted by atomic mass is 16.5. The smallest absolute Gasteiger partial charge is 0.345 e. The Morgan fingerprint density at radius 2 is 2.14 bits per heavy atom. The Hall–Kier alpha value is -4.35. The van der Waals surface area contributed by atoms with E-state index in [1.165, 1.54) is 18.9 Å². The maximum absolute atomic E-state index is 12.9. The minimum absolute atomic E-state index is 0.0725. The molecule has 2 aliphatic rings. The van der Waals surface area contributed by atoms with Crippen LogP contribution in [0.3, 0.4) is 0 Å². The van der Waals surface area contributed by atoms with Crippen LogP contribution in [0.4, 0.5) is 5.69 Å². The number of aryl methyl sites for hydroxylation is 1. The molecule has 0 spiro atoms. The molecule has 2 aliphatic heterocycles. The molecule has 8 nitrogen and oxygen atoms in total. The molecule has 4 heterocycles. The fourth-order valence-corrected chi connectivity index (χ4v) is 4.25. The van der Waals surface area contributed by atoms with Crippen molar-refractivity contribution in [3.63, 3.8) is 0 Å². The molecule has 5 rings (SSSR count). The highest BCUT2D eigenvalue weighted by molar-refractivity contribution is 6.26. The van der Waals surface area contributed by atoms with E-state index in [9.17, 15) is 14.7 Å². The van der Waals surface area contributed by atoms with Crippen LogP contribution in [0.15, 0.2) is 59.9 Å². The van der Waals surface area contributed by atoms with Crippen molar-refractivity contribution in [2.45, 2.75) is 19.8 Å². The van der Waals surface area contributed by atoms with Crippen molar-refractivity contribution in [2.24, 2.45) is 0 Å². The summed E-state index contributed by atoms with van der Waals surface area (Å²) in [7, 11) is 0. The highest BCUT2D eigenvalue weighted by Crippen LogP contribution is 2.30. The number of H-pyrrole nitrogens is 1. The van der Waals surface area contributed by atoms with Crippen LogP contribution in [0, 0.1) is 18.8 Å². The summed E-state index contributed by atoms with van der Waals surface area (Å²) in [4.78, 5) is 34.3. The van der Waals surface area contributed by atoms with Crippen molar-refractivity contribution in [1.82, 2.24) is 14.9 Å². The summed E-state index contributed by atoms with van der Waals surface area (Å²) >= 11 is 0. The average molecular weight is 469 g/mol. The zero-order valence-electron chi connectivity index (χ0n) is 19.2. The number of fused-ring (bicyclic) bond motifs is 1. The third-order valence-corrected chi connectivity index (χ3v) is 6.08. The number of aliphatic carboxylic acids is 1. The quantitative estimate of drug-likeness (QED) is 0.298. The van der Waals surface area contributed by atoms with Crippen LogP contribution < -0.4 is 5.32 Å². The summed E-state index contributed by atoms with van der Waals surface area (Å²) in [6.07, 6.45) is 7.34. The Bertz CT molecular complexity index is 1450. The van der Waals surface area contributed by atoms with Gasteiger partial charge in [0.1, 0.15) is 5.65 Å². The Labute approximate surface area is 202 Å². The van der Waals surface area contributed by atoms with Gasteiger partial charge in [-0.3, -0.25) is 9.69 Å². The lowest BCUT2D eigenvalue weighted by Gasteiger charge is -2.11. The van der Waals surface area contributed by atoms with Crippen molar-refractivity contribution in [2.75, 3.05) is 25.0 Å². The number of carboxylic acids is 1. The number of allylic oxidation sites excluding steroid dienone is 1. The number of rotatable bonds is 5. The molecule has 0 aliphatic carbocycles. The first kappa shape index (κ1) is 22.4. The average Bonchev–Trinajstić information content (AvgIpc) is 3.56. The standard InChI is InChI=1S/C27H24N4O4/c1-17-14-18(6-5-13-31-11-2-3-12-31)8-9-21(17)30-26-23(27(33)34)24(32)22(35-26)15-19-16-29-25-20(19)7-4-10-28-25/h4,7-10,14-16,30H,2-3,11-13H2,1H3,(H,28,29)(H,33,34). The summed E-state index contributed by atoms with van der Waals surface area (Å²) in [6.45, 7) is 4.85. The summed E-state index contributed by atoms with van der Waals surface area (Å²) in [5.74, 6) is 4.17. The number of carbonyl (C=O) groups excluding carboxylic acids is 1. The summed E-state index contributed by atoms with van der Waals surface area (Å²) in [5.41, 5.74) is 3.25. The Morgan fingerprint density at radius 3 is 2.91 bits per heavy atom. The fourth-order valence-electron chi connectivity index (χ4n) is 4.25. The molecule has 3 aromatic rings. The first-order chi connectivity index (χ1) is 17.0. The van der Waals surface area contributed by atoms with Crippen LogP contribution in [0.25, 0.3) is 17.1 Å². The maximum atomic E-state index is 12.9. The van der Waals surface area contributed by atoms with Crippen molar-refractivity contribution in [3.8, 4) is 11.8 Å². The number of likely N-dealkylation sites (tertiary alicyclic amines) is 1. The maximum Gasteiger partial charge on any atom is 0.345 e. The molecular weight excluding hydrogens is 444 g/mol. The third-order valence-electron chi connectivity index (χ3n) is 6.08. The number of Topliss-reactive ketones (excluding diaryl/α,β-unsaturated/α-hetero) is 1. The molecule has 0 radical (unpaired) electrons. The fraction of sp³-hybridized carbons (Fsp3) is 0.222. The predicted octanol–water partition coefficient (Wildman–Crippen LogP) is 3.67. The number of benzene rings is 1. The van der Waals surface area contributed by atoms with E-state index in [1.54, 1.807) is 18.5 Å². The molecule has 0 bridgehead atoms. The van der Waals surface area contributed by atoms with Crippen LogP contribution in [0.2, 0.25) is 0 Å². The van der Waals surface area contributed by atoms with Gasteiger partial charge in [-0.25, -0.2) is 9.78 Å². The minimum Gasteiger partial charge on any atom is -0.477 e. The van der Waals surface area contributed by atoms with Gasteiger partial charge in [0.15, 0.2) is 11.3 Å². The number of nitrogens with zero attached hydrogens (tertiary/aromatic N) is 2. The van der Waals surface area contributed by atoms with Crippen molar-refractivity contribution >= 4 is 34.5 Å². The summed E-state index contributed by atoms with van der Waals surface area (Å²) in [6, 6.07) is 9.23. The van der Waals surface area contributed by atoms with Gasteiger partial charge in [0.2, 0.25) is 11.7 Å². The number of anilines is 1. The summed E-state index contributed by atoms with van der Waals surface area (Å²) in [5, 5.41) is 13.5. The second-order valence-electron chi connectivity index (χ2n) is 8.53. The van der Waals surface area contributed by atoms with Gasteiger partial charge < -0.3 is 20.1 Å². The molecule has 2 aromatic heterocycles. The van der Waals surface area contributed by atoms with Crippen LogP contribution in [-0.2, 0) is 14.3 Å². The molecule has 1 aromatic carbocycles. The predicted molar refractivity (Wildman–Crippen MR) is 132 cm³/mol. The number of pyridine rings is 1. The molecule has 1 fully saturated rings. The molecule has 3 N–H and O–H groups in total. The van der Waals surface area contributed by atoms with E-state index in [4.69, 9.17) is 4.74 Å². The van der Waals surface area contributed by atoms with Gasteiger partial charge in [0, 0.05) is 34.6 Å². The van der Waals surface area contributed by atoms with Crippen molar-refractivity contribution in [3.05, 3.63) is 76.6 Å². The SMILES string of the molecule is Cc1cc(C#CCN2CCCC2)ccc1NC1=C(C(=O)O)C(=O)C(=Cc2c[nH]c3ncccc23)O1. The third kappa shape index (κ3) is 4.67. The van der Waals surface area contributed by atoms with Gasteiger partial charge >= 0.3 is 5.97 Å². The molecule has 0 unspecified atom stereocenters. The molecule has 0 amide bonds. The van der Waals surface area contributed by atoms with Gasteiger partial charge in [0.05, 0.1) is 6.54 Å². The number of hydrogen-bond donors (Lipinski definition) is 3. The summed E-state index contributed by atoms with van der Waals surface area (Å²) < 4.78 is 5.71. The minimum atomic E-state index is -1.36. The number of ketones is 1. The van der Waals surface area contributed by atoms with E-state index in [0.717, 1.165) is 36.1 Å². The largest absolute Gasteiger partial charge is 0.477 e. The lowest BCUT2D eigenvalue weighted by molar-refractivity contribution is -0.134. The Kier molecular flexibility index (Phi) is 6.08. The Morgan fingerprint density at radius 1 is 1.31 bits per heavy atom. The van der Waals surface area contributed by atoms with E-state index in [1.807, 2.05) is 31.2 Å². The number of aromatic nitrogens is 2. The lowest BCUT2D eigenvalue weighted by atomic mass is 10.1. The zero-order chi connectivity index (χ0) is 24.4.